The Morgan fingerprint density at radius 1 is 1.55 bits per heavy atom. The molecule has 0 spiro atoms. The van der Waals surface area contributed by atoms with Gasteiger partial charge >= 0.3 is 0 Å². The molecule has 0 aromatic carbocycles. The number of methoxy groups -OCH3 is 1. The van der Waals surface area contributed by atoms with Crippen LogP contribution >= 0.6 is 0 Å². The minimum absolute atomic E-state index is 0.126. The first kappa shape index (κ1) is 16.5. The second-order valence-electron chi connectivity index (χ2n) is 5.29. The van der Waals surface area contributed by atoms with Crippen molar-refractivity contribution in [2.75, 3.05) is 44.9 Å². The molecule has 0 radical (unpaired) electrons. The summed E-state index contributed by atoms with van der Waals surface area (Å²) in [4.78, 5) is 11.1. The molecule has 1 fully saturated rings. The summed E-state index contributed by atoms with van der Waals surface area (Å²) in [5, 5.41) is 3.10. The summed E-state index contributed by atoms with van der Waals surface area (Å²) < 4.78 is 10.5. The van der Waals surface area contributed by atoms with Crippen molar-refractivity contribution >= 4 is 11.8 Å². The molecule has 1 aromatic heterocycles. The second-order valence-corrected chi connectivity index (χ2v) is 5.29. The maximum Gasteiger partial charge on any atom is 0.189 e. The van der Waals surface area contributed by atoms with Crippen LogP contribution in [0, 0.1) is 0 Å². The predicted octanol–water partition coefficient (Wildman–Crippen LogP) is 0.357. The molecule has 1 aromatic rings. The average molecular weight is 307 g/mol. The number of hydrogen-bond donors (Lipinski definition) is 2. The Labute approximate surface area is 131 Å². The number of rotatable bonds is 6. The first-order valence-electron chi connectivity index (χ1n) is 7.52. The van der Waals surface area contributed by atoms with E-state index in [-0.39, 0.29) is 6.04 Å². The normalized spacial score (nSPS) is 17.4. The number of aliphatic imine (C=N–C) groups is 1. The molecule has 1 unspecified atom stereocenters. The first-order valence-corrected chi connectivity index (χ1v) is 7.52. The van der Waals surface area contributed by atoms with Crippen molar-refractivity contribution in [3.8, 4) is 0 Å². The van der Waals surface area contributed by atoms with Crippen LogP contribution in [-0.2, 0) is 16.0 Å². The zero-order chi connectivity index (χ0) is 15.8. The van der Waals surface area contributed by atoms with Crippen LogP contribution in [-0.4, -0.2) is 57.0 Å². The van der Waals surface area contributed by atoms with E-state index in [1.807, 2.05) is 19.1 Å². The third-order valence-electron chi connectivity index (χ3n) is 3.41. The van der Waals surface area contributed by atoms with Gasteiger partial charge in [-0.05, 0) is 13.0 Å². The van der Waals surface area contributed by atoms with Crippen molar-refractivity contribution < 1.29 is 9.47 Å². The molecule has 7 nitrogen and oxygen atoms in total. The largest absolute Gasteiger partial charge is 0.383 e. The van der Waals surface area contributed by atoms with E-state index >= 15 is 0 Å². The Kier molecular flexibility index (Phi) is 6.42. The Morgan fingerprint density at radius 3 is 3.05 bits per heavy atom. The number of ether oxygens (including phenoxy) is 2. The molecule has 3 N–H and O–H groups in total. The zero-order valence-corrected chi connectivity index (χ0v) is 13.3. The molecule has 2 heterocycles. The quantitative estimate of drug-likeness (QED) is 0.583. The molecule has 1 aliphatic rings. The smallest absolute Gasteiger partial charge is 0.189 e. The van der Waals surface area contributed by atoms with Crippen LogP contribution in [0.1, 0.15) is 12.5 Å². The van der Waals surface area contributed by atoms with Gasteiger partial charge in [-0.2, -0.15) is 0 Å². The van der Waals surface area contributed by atoms with Crippen LogP contribution in [0.5, 0.6) is 0 Å². The first-order chi connectivity index (χ1) is 10.7. The minimum atomic E-state index is 0.126. The molecular weight excluding hydrogens is 282 g/mol. The maximum absolute atomic E-state index is 5.91. The van der Waals surface area contributed by atoms with Crippen molar-refractivity contribution in [3.05, 3.63) is 23.9 Å². The average Bonchev–Trinajstić information content (AvgIpc) is 2.54. The summed E-state index contributed by atoms with van der Waals surface area (Å²) in [5.41, 5.74) is 6.97. The second kappa shape index (κ2) is 8.55. The van der Waals surface area contributed by atoms with Crippen LogP contribution in [0.4, 0.5) is 5.82 Å². The number of nitrogens with two attached hydrogens (primary N) is 1. The molecule has 0 aliphatic carbocycles. The summed E-state index contributed by atoms with van der Waals surface area (Å²) in [5.74, 6) is 1.38. The number of nitrogens with one attached hydrogen (secondary N) is 1. The zero-order valence-electron chi connectivity index (χ0n) is 13.3. The fourth-order valence-electron chi connectivity index (χ4n) is 2.37. The molecule has 1 atom stereocenters. The monoisotopic (exact) mass is 307 g/mol. The number of aromatic nitrogens is 1. The van der Waals surface area contributed by atoms with Crippen molar-refractivity contribution in [3.63, 3.8) is 0 Å². The lowest BCUT2D eigenvalue weighted by molar-refractivity contribution is 0.122. The van der Waals surface area contributed by atoms with Gasteiger partial charge in [0.05, 0.1) is 26.4 Å². The number of hydrogen-bond acceptors (Lipinski definition) is 5. The Morgan fingerprint density at radius 2 is 2.32 bits per heavy atom. The van der Waals surface area contributed by atoms with Crippen molar-refractivity contribution in [2.45, 2.75) is 19.5 Å². The van der Waals surface area contributed by atoms with Crippen molar-refractivity contribution in [1.82, 2.24) is 10.3 Å². The lowest BCUT2D eigenvalue weighted by Crippen LogP contribution is -2.40. The van der Waals surface area contributed by atoms with E-state index < -0.39 is 0 Å². The van der Waals surface area contributed by atoms with E-state index in [0.29, 0.717) is 19.1 Å². The van der Waals surface area contributed by atoms with Crippen LogP contribution in [0.25, 0.3) is 0 Å². The number of morpholine rings is 1. The van der Waals surface area contributed by atoms with Gasteiger partial charge in [-0.25, -0.2) is 9.98 Å². The Balaban J connectivity index is 2.00. The lowest BCUT2D eigenvalue weighted by atomic mass is 10.2. The summed E-state index contributed by atoms with van der Waals surface area (Å²) in [6.45, 7) is 6.25. The van der Waals surface area contributed by atoms with Gasteiger partial charge in [-0.1, -0.05) is 6.07 Å². The molecular formula is C15H25N5O2. The van der Waals surface area contributed by atoms with Crippen LogP contribution in [0.2, 0.25) is 0 Å². The van der Waals surface area contributed by atoms with Crippen LogP contribution in [0.15, 0.2) is 23.3 Å². The van der Waals surface area contributed by atoms with E-state index in [0.717, 1.165) is 37.7 Å². The highest BCUT2D eigenvalue weighted by Gasteiger charge is 2.15. The molecule has 2 rings (SSSR count). The Hall–Kier alpha value is -1.86. The lowest BCUT2D eigenvalue weighted by Gasteiger charge is -2.29. The molecule has 0 amide bonds. The SMILES string of the molecule is COCC(C)NC(N)=NCc1cccnc1N1CCOCC1. The number of pyridine rings is 1. The van der Waals surface area contributed by atoms with E-state index in [4.69, 9.17) is 15.2 Å². The molecule has 1 aliphatic heterocycles. The van der Waals surface area contributed by atoms with E-state index in [9.17, 15) is 0 Å². The highest BCUT2D eigenvalue weighted by molar-refractivity contribution is 5.78. The standard InChI is InChI=1S/C15H25N5O2/c1-12(11-21-2)19-15(16)18-10-13-4-3-5-17-14(13)20-6-8-22-9-7-20/h3-5,12H,6-11H2,1-2H3,(H3,16,18,19). The summed E-state index contributed by atoms with van der Waals surface area (Å²) in [7, 11) is 1.66. The van der Waals surface area contributed by atoms with Gasteiger partial charge in [0.15, 0.2) is 5.96 Å². The predicted molar refractivity (Wildman–Crippen MR) is 87.1 cm³/mol. The minimum Gasteiger partial charge on any atom is -0.383 e. The Bertz CT molecular complexity index is 489. The number of anilines is 1. The molecule has 22 heavy (non-hydrogen) atoms. The van der Waals surface area contributed by atoms with Crippen molar-refractivity contribution in [2.24, 2.45) is 10.7 Å². The van der Waals surface area contributed by atoms with Gasteiger partial charge in [-0.15, -0.1) is 0 Å². The van der Waals surface area contributed by atoms with Crippen LogP contribution in [0.3, 0.4) is 0 Å². The van der Waals surface area contributed by atoms with Crippen LogP contribution < -0.4 is 16.0 Å². The molecule has 1 saturated heterocycles. The van der Waals surface area contributed by atoms with Gasteiger partial charge in [-0.3, -0.25) is 0 Å². The summed E-state index contributed by atoms with van der Waals surface area (Å²) in [6, 6.07) is 4.08. The molecule has 122 valence electrons. The highest BCUT2D eigenvalue weighted by atomic mass is 16.5. The summed E-state index contributed by atoms with van der Waals surface area (Å²) in [6.07, 6.45) is 1.81. The highest BCUT2D eigenvalue weighted by Crippen LogP contribution is 2.19. The topological polar surface area (TPSA) is 85.0 Å². The van der Waals surface area contributed by atoms with Gasteiger partial charge < -0.3 is 25.4 Å². The fourth-order valence-corrected chi connectivity index (χ4v) is 2.37. The molecule has 7 heteroatoms. The molecule has 0 saturated carbocycles. The van der Waals surface area contributed by atoms with E-state index in [1.54, 1.807) is 13.3 Å². The molecule has 0 bridgehead atoms. The number of guanidine groups is 1. The van der Waals surface area contributed by atoms with E-state index in [1.165, 1.54) is 0 Å². The van der Waals surface area contributed by atoms with Crippen molar-refractivity contribution in [1.29, 1.82) is 0 Å². The van der Waals surface area contributed by atoms with Gasteiger partial charge in [0.2, 0.25) is 0 Å². The fraction of sp³-hybridized carbons (Fsp3) is 0.600. The van der Waals surface area contributed by atoms with Gasteiger partial charge in [0, 0.05) is 38.0 Å². The van der Waals surface area contributed by atoms with Gasteiger partial charge in [0.1, 0.15) is 5.82 Å². The maximum atomic E-state index is 5.91. The summed E-state index contributed by atoms with van der Waals surface area (Å²) >= 11 is 0. The third-order valence-corrected chi connectivity index (χ3v) is 3.41. The third kappa shape index (κ3) is 4.85. The number of nitrogens with zero attached hydrogens (tertiary/aromatic N) is 3. The van der Waals surface area contributed by atoms with E-state index in [2.05, 4.69) is 20.2 Å². The van der Waals surface area contributed by atoms with Gasteiger partial charge in [0.25, 0.3) is 0 Å².